The van der Waals surface area contributed by atoms with E-state index in [2.05, 4.69) is 4.98 Å². The van der Waals surface area contributed by atoms with Crippen LogP contribution in [-0.4, -0.2) is 17.1 Å². The van der Waals surface area contributed by atoms with E-state index in [1.807, 2.05) is 0 Å². The SMILES string of the molecule is Nc1ccc(Oc2cc(NC(=O)C(F)(F)F)c(F)cc2Cl)nc1. The maximum absolute atomic E-state index is 13.6. The number of nitrogens with zero attached hydrogens (tertiary/aromatic N) is 1. The van der Waals surface area contributed by atoms with Crippen LogP contribution in [0.1, 0.15) is 0 Å². The number of carbonyl (C=O) groups is 1. The summed E-state index contributed by atoms with van der Waals surface area (Å²) >= 11 is 5.76. The second kappa shape index (κ2) is 6.29. The van der Waals surface area contributed by atoms with E-state index in [0.29, 0.717) is 11.8 Å². The smallest absolute Gasteiger partial charge is 0.437 e. The molecular formula is C13H8ClF4N3O2. The third-order valence-corrected chi connectivity index (χ3v) is 2.80. The predicted molar refractivity (Wildman–Crippen MR) is 74.8 cm³/mol. The van der Waals surface area contributed by atoms with Crippen molar-refractivity contribution in [3.8, 4) is 11.6 Å². The predicted octanol–water partition coefficient (Wildman–Crippen LogP) is 3.75. The third kappa shape index (κ3) is 4.22. The van der Waals surface area contributed by atoms with E-state index in [-0.39, 0.29) is 16.7 Å². The highest BCUT2D eigenvalue weighted by molar-refractivity contribution is 6.32. The molecule has 0 saturated carbocycles. The monoisotopic (exact) mass is 349 g/mol. The Kier molecular flexibility index (Phi) is 4.60. The number of halogens is 5. The minimum Gasteiger partial charge on any atom is -0.437 e. The van der Waals surface area contributed by atoms with E-state index in [4.69, 9.17) is 22.1 Å². The van der Waals surface area contributed by atoms with Crippen LogP contribution in [0.5, 0.6) is 11.6 Å². The number of rotatable bonds is 3. The van der Waals surface area contributed by atoms with Crippen molar-refractivity contribution in [2.24, 2.45) is 0 Å². The first kappa shape index (κ1) is 16.8. The summed E-state index contributed by atoms with van der Waals surface area (Å²) in [5.74, 6) is -3.64. The topological polar surface area (TPSA) is 77.2 Å². The molecule has 2 aromatic rings. The molecule has 10 heteroatoms. The number of hydrogen-bond donors (Lipinski definition) is 2. The van der Waals surface area contributed by atoms with Gasteiger partial charge in [-0.2, -0.15) is 13.2 Å². The summed E-state index contributed by atoms with van der Waals surface area (Å²) < 4.78 is 55.5. The molecule has 23 heavy (non-hydrogen) atoms. The normalized spacial score (nSPS) is 11.2. The minimum atomic E-state index is -5.16. The van der Waals surface area contributed by atoms with E-state index in [1.54, 1.807) is 0 Å². The molecule has 0 aliphatic carbocycles. The first-order valence-electron chi connectivity index (χ1n) is 5.93. The molecule has 0 radical (unpaired) electrons. The Morgan fingerprint density at radius 3 is 2.57 bits per heavy atom. The van der Waals surface area contributed by atoms with Gasteiger partial charge in [-0.25, -0.2) is 9.37 Å². The molecule has 0 spiro atoms. The van der Waals surface area contributed by atoms with Crippen molar-refractivity contribution < 1.29 is 27.1 Å². The lowest BCUT2D eigenvalue weighted by Gasteiger charge is -2.12. The Bertz CT molecular complexity index is 735. The van der Waals surface area contributed by atoms with Crippen LogP contribution in [0.3, 0.4) is 0 Å². The summed E-state index contributed by atoms with van der Waals surface area (Å²) in [5, 5.41) is 1.18. The molecule has 3 N–H and O–H groups in total. The van der Waals surface area contributed by atoms with Gasteiger partial charge in [0.15, 0.2) is 0 Å². The van der Waals surface area contributed by atoms with E-state index in [9.17, 15) is 22.4 Å². The molecule has 122 valence electrons. The van der Waals surface area contributed by atoms with E-state index < -0.39 is 23.6 Å². The van der Waals surface area contributed by atoms with Crippen molar-refractivity contribution in [1.82, 2.24) is 4.98 Å². The maximum atomic E-state index is 13.6. The summed E-state index contributed by atoms with van der Waals surface area (Å²) in [5.41, 5.74) is 5.07. The number of amides is 1. The number of anilines is 2. The summed E-state index contributed by atoms with van der Waals surface area (Å²) in [6, 6.07) is 4.37. The molecular weight excluding hydrogens is 342 g/mol. The average Bonchev–Trinajstić information content (AvgIpc) is 2.45. The van der Waals surface area contributed by atoms with Gasteiger partial charge in [0.05, 0.1) is 22.6 Å². The fraction of sp³-hybridized carbons (Fsp3) is 0.0769. The number of benzene rings is 1. The molecule has 0 saturated heterocycles. The molecule has 0 aliphatic heterocycles. The summed E-state index contributed by atoms with van der Waals surface area (Å²) in [6.45, 7) is 0. The van der Waals surface area contributed by atoms with Crippen molar-refractivity contribution in [2.75, 3.05) is 11.1 Å². The highest BCUT2D eigenvalue weighted by Gasteiger charge is 2.39. The average molecular weight is 350 g/mol. The number of aromatic nitrogens is 1. The van der Waals surface area contributed by atoms with E-state index >= 15 is 0 Å². The van der Waals surface area contributed by atoms with Crippen LogP contribution < -0.4 is 15.8 Å². The molecule has 0 fully saturated rings. The summed E-state index contributed by atoms with van der Waals surface area (Å²) in [4.78, 5) is 14.7. The maximum Gasteiger partial charge on any atom is 0.471 e. The van der Waals surface area contributed by atoms with Crippen LogP contribution >= 0.6 is 11.6 Å². The molecule has 1 aromatic carbocycles. The molecule has 2 rings (SSSR count). The van der Waals surface area contributed by atoms with Crippen LogP contribution in [0.4, 0.5) is 28.9 Å². The van der Waals surface area contributed by atoms with Crippen LogP contribution in [-0.2, 0) is 4.79 Å². The highest BCUT2D eigenvalue weighted by atomic mass is 35.5. The zero-order valence-corrected chi connectivity index (χ0v) is 11.9. The van der Waals surface area contributed by atoms with Gasteiger partial charge in [0, 0.05) is 12.1 Å². The molecule has 1 amide bonds. The van der Waals surface area contributed by atoms with Gasteiger partial charge < -0.3 is 15.8 Å². The van der Waals surface area contributed by atoms with Gasteiger partial charge in [0.25, 0.3) is 0 Å². The number of carbonyl (C=O) groups excluding carboxylic acids is 1. The quantitative estimate of drug-likeness (QED) is 0.827. The Morgan fingerprint density at radius 2 is 2.00 bits per heavy atom. The van der Waals surface area contributed by atoms with Crippen LogP contribution in [0.25, 0.3) is 0 Å². The van der Waals surface area contributed by atoms with Crippen LogP contribution in [0.2, 0.25) is 5.02 Å². The molecule has 0 aliphatic rings. The largest absolute Gasteiger partial charge is 0.471 e. The molecule has 0 unspecified atom stereocenters. The first-order chi connectivity index (χ1) is 10.7. The number of hydrogen-bond acceptors (Lipinski definition) is 4. The zero-order valence-electron chi connectivity index (χ0n) is 11.1. The van der Waals surface area contributed by atoms with Gasteiger partial charge in [-0.3, -0.25) is 4.79 Å². The van der Waals surface area contributed by atoms with Crippen molar-refractivity contribution >= 4 is 28.9 Å². The zero-order chi connectivity index (χ0) is 17.2. The van der Waals surface area contributed by atoms with Gasteiger partial charge in [-0.1, -0.05) is 11.6 Å². The first-order valence-corrected chi connectivity index (χ1v) is 6.31. The summed E-state index contributed by atoms with van der Waals surface area (Å²) in [6.07, 6.45) is -3.88. The Hall–Kier alpha value is -2.55. The van der Waals surface area contributed by atoms with Gasteiger partial charge in [-0.05, 0) is 12.1 Å². The second-order valence-corrected chi connectivity index (χ2v) is 4.65. The van der Waals surface area contributed by atoms with Gasteiger partial charge >= 0.3 is 12.1 Å². The van der Waals surface area contributed by atoms with Crippen molar-refractivity contribution in [1.29, 1.82) is 0 Å². The third-order valence-electron chi connectivity index (χ3n) is 2.50. The standard InChI is InChI=1S/C13H8ClF4N3O2/c14-7-3-8(15)9(21-12(22)13(16,17)18)4-10(7)23-11-2-1-6(19)5-20-11/h1-5H,19H2,(H,21,22). The number of ether oxygens (including phenoxy) is 1. The Balaban J connectivity index is 2.29. The van der Waals surface area contributed by atoms with Crippen molar-refractivity contribution in [3.05, 3.63) is 41.3 Å². The van der Waals surface area contributed by atoms with Gasteiger partial charge in [0.2, 0.25) is 5.88 Å². The number of pyridine rings is 1. The lowest BCUT2D eigenvalue weighted by molar-refractivity contribution is -0.167. The van der Waals surface area contributed by atoms with E-state index in [0.717, 1.165) is 6.07 Å². The lowest BCUT2D eigenvalue weighted by Crippen LogP contribution is -2.30. The molecule has 1 heterocycles. The number of nitrogens with two attached hydrogens (primary N) is 1. The fourth-order valence-corrected chi connectivity index (χ4v) is 1.65. The highest BCUT2D eigenvalue weighted by Crippen LogP contribution is 2.34. The minimum absolute atomic E-state index is 0.0285. The molecule has 0 atom stereocenters. The molecule has 5 nitrogen and oxygen atoms in total. The Labute approximate surface area is 132 Å². The van der Waals surface area contributed by atoms with Gasteiger partial charge in [0.1, 0.15) is 11.6 Å². The second-order valence-electron chi connectivity index (χ2n) is 4.25. The van der Waals surface area contributed by atoms with E-state index in [1.165, 1.54) is 23.6 Å². The van der Waals surface area contributed by atoms with Crippen molar-refractivity contribution in [2.45, 2.75) is 6.18 Å². The van der Waals surface area contributed by atoms with Crippen molar-refractivity contribution in [3.63, 3.8) is 0 Å². The molecule has 1 aromatic heterocycles. The van der Waals surface area contributed by atoms with Crippen LogP contribution in [0, 0.1) is 5.82 Å². The summed E-state index contributed by atoms with van der Waals surface area (Å²) in [7, 11) is 0. The number of nitrogens with one attached hydrogen (secondary N) is 1. The molecule has 0 bridgehead atoms. The fourth-order valence-electron chi connectivity index (χ4n) is 1.46. The number of nitrogen functional groups attached to an aromatic ring is 1. The van der Waals surface area contributed by atoms with Crippen LogP contribution in [0.15, 0.2) is 30.5 Å². The van der Waals surface area contributed by atoms with Gasteiger partial charge in [-0.15, -0.1) is 0 Å². The lowest BCUT2D eigenvalue weighted by atomic mass is 10.2. The Morgan fingerprint density at radius 1 is 1.30 bits per heavy atom. The number of alkyl halides is 3.